The zero-order valence-electron chi connectivity index (χ0n) is 30.0. The Hall–Kier alpha value is -7.95. The molecule has 0 saturated carbocycles. The summed E-state index contributed by atoms with van der Waals surface area (Å²) in [5.41, 5.74) is 9.66. The van der Waals surface area contributed by atoms with Crippen molar-refractivity contribution in [3.63, 3.8) is 0 Å². The van der Waals surface area contributed by atoms with E-state index in [-0.39, 0.29) is 0 Å². The van der Waals surface area contributed by atoms with E-state index in [1.807, 2.05) is 133 Å². The van der Waals surface area contributed by atoms with E-state index in [2.05, 4.69) is 53.4 Å². The molecule has 0 spiro atoms. The molecule has 0 aliphatic heterocycles. The summed E-state index contributed by atoms with van der Waals surface area (Å²) in [5.74, 6) is 3.26. The Morgan fingerprint density at radius 3 is 1.00 bits per heavy atom. The maximum Gasteiger partial charge on any atom is 0.198 e. The van der Waals surface area contributed by atoms with E-state index in [0.29, 0.717) is 46.2 Å². The summed E-state index contributed by atoms with van der Waals surface area (Å²) in [6.07, 6.45) is 0. The van der Waals surface area contributed by atoms with Crippen molar-refractivity contribution in [1.82, 2.24) is 29.9 Å². The van der Waals surface area contributed by atoms with E-state index in [0.717, 1.165) is 50.1 Å². The van der Waals surface area contributed by atoms with Gasteiger partial charge in [-0.05, 0) is 40.5 Å². The first-order valence-electron chi connectivity index (χ1n) is 18.2. The standard InChI is InChI=1S/C49H31N7/c1-50-43-29-12-11-28-42(43)49-55-45(35-20-9-4-10-21-35)53-48(56-49)41-27-15-24-38(32-41)37-23-14-26-40(31-37)47-52-44(34-18-7-3-8-19-34)51-46(54-47)39-25-13-22-36(30-39)33-16-5-2-6-17-33/h2-32H. The van der Waals surface area contributed by atoms with Crippen LogP contribution in [0.4, 0.5) is 5.69 Å². The predicted molar refractivity (Wildman–Crippen MR) is 223 cm³/mol. The largest absolute Gasteiger partial charge is 0.237 e. The molecule has 7 aromatic carbocycles. The quantitative estimate of drug-likeness (QED) is 0.146. The molecular weight excluding hydrogens is 687 g/mol. The van der Waals surface area contributed by atoms with Crippen LogP contribution in [-0.2, 0) is 0 Å². The summed E-state index contributed by atoms with van der Waals surface area (Å²) in [7, 11) is 0. The second-order valence-corrected chi connectivity index (χ2v) is 13.1. The minimum absolute atomic E-state index is 0.446. The zero-order chi connectivity index (χ0) is 37.7. The Kier molecular flexibility index (Phi) is 9.18. The van der Waals surface area contributed by atoms with Crippen molar-refractivity contribution in [2.75, 3.05) is 0 Å². The first kappa shape index (κ1) is 33.9. The number of para-hydroxylation sites is 1. The second-order valence-electron chi connectivity index (χ2n) is 13.1. The van der Waals surface area contributed by atoms with Gasteiger partial charge in [-0.1, -0.05) is 170 Å². The normalized spacial score (nSPS) is 10.8. The number of hydrogen-bond acceptors (Lipinski definition) is 6. The number of hydrogen-bond donors (Lipinski definition) is 0. The summed E-state index contributed by atoms with van der Waals surface area (Å²) in [5, 5.41) is 0. The van der Waals surface area contributed by atoms with E-state index in [4.69, 9.17) is 36.5 Å². The highest BCUT2D eigenvalue weighted by Gasteiger charge is 2.17. The second kappa shape index (κ2) is 15.2. The van der Waals surface area contributed by atoms with Crippen LogP contribution in [0, 0.1) is 6.57 Å². The molecule has 0 atom stereocenters. The van der Waals surface area contributed by atoms with Crippen molar-refractivity contribution >= 4 is 5.69 Å². The van der Waals surface area contributed by atoms with Crippen molar-refractivity contribution in [2.45, 2.75) is 0 Å². The van der Waals surface area contributed by atoms with Crippen LogP contribution in [0.1, 0.15) is 0 Å². The van der Waals surface area contributed by atoms with Gasteiger partial charge >= 0.3 is 0 Å². The van der Waals surface area contributed by atoms with Crippen LogP contribution in [0.5, 0.6) is 0 Å². The van der Waals surface area contributed by atoms with Crippen molar-refractivity contribution in [3.8, 4) is 90.6 Å². The van der Waals surface area contributed by atoms with Crippen LogP contribution in [0.3, 0.4) is 0 Å². The molecule has 7 nitrogen and oxygen atoms in total. The lowest BCUT2D eigenvalue weighted by Crippen LogP contribution is -2.00. The van der Waals surface area contributed by atoms with Gasteiger partial charge in [-0.15, -0.1) is 0 Å². The van der Waals surface area contributed by atoms with Crippen molar-refractivity contribution in [1.29, 1.82) is 0 Å². The average Bonchev–Trinajstić information content (AvgIpc) is 3.29. The molecule has 0 aliphatic rings. The lowest BCUT2D eigenvalue weighted by molar-refractivity contribution is 1.07. The van der Waals surface area contributed by atoms with Gasteiger partial charge in [0.05, 0.1) is 6.57 Å². The van der Waals surface area contributed by atoms with Crippen LogP contribution in [-0.4, -0.2) is 29.9 Å². The van der Waals surface area contributed by atoms with Gasteiger partial charge < -0.3 is 0 Å². The molecule has 262 valence electrons. The fraction of sp³-hybridized carbons (Fsp3) is 0. The summed E-state index contributed by atoms with van der Waals surface area (Å²) in [6.45, 7) is 7.77. The minimum Gasteiger partial charge on any atom is -0.237 e. The van der Waals surface area contributed by atoms with Crippen molar-refractivity contribution in [2.24, 2.45) is 0 Å². The predicted octanol–water partition coefficient (Wildman–Crippen LogP) is 11.9. The van der Waals surface area contributed by atoms with E-state index in [1.165, 1.54) is 0 Å². The number of nitrogens with zero attached hydrogens (tertiary/aromatic N) is 7. The number of rotatable bonds is 8. The molecule has 9 rings (SSSR count). The third-order valence-electron chi connectivity index (χ3n) is 9.40. The fourth-order valence-corrected chi connectivity index (χ4v) is 6.60. The highest BCUT2D eigenvalue weighted by Crippen LogP contribution is 2.34. The number of aromatic nitrogens is 6. The van der Waals surface area contributed by atoms with E-state index in [9.17, 15) is 0 Å². The lowest BCUT2D eigenvalue weighted by Gasteiger charge is -2.12. The highest BCUT2D eigenvalue weighted by molar-refractivity contribution is 5.79. The Labute approximate surface area is 324 Å². The Balaban J connectivity index is 1.13. The fourth-order valence-electron chi connectivity index (χ4n) is 6.60. The van der Waals surface area contributed by atoms with Gasteiger partial charge in [-0.2, -0.15) is 0 Å². The highest BCUT2D eigenvalue weighted by atomic mass is 15.0. The van der Waals surface area contributed by atoms with Gasteiger partial charge in [-0.25, -0.2) is 34.7 Å². The maximum absolute atomic E-state index is 7.77. The lowest BCUT2D eigenvalue weighted by atomic mass is 10.00. The molecule has 0 fully saturated rings. The topological polar surface area (TPSA) is 81.7 Å². The molecule has 9 aromatic rings. The van der Waals surface area contributed by atoms with Crippen LogP contribution in [0.15, 0.2) is 188 Å². The van der Waals surface area contributed by atoms with Crippen molar-refractivity contribution < 1.29 is 0 Å². The monoisotopic (exact) mass is 717 g/mol. The summed E-state index contributed by atoms with van der Waals surface area (Å²) >= 11 is 0. The molecule has 56 heavy (non-hydrogen) atoms. The smallest absolute Gasteiger partial charge is 0.198 e. The summed E-state index contributed by atoms with van der Waals surface area (Å²) in [6, 6.07) is 62.2. The molecule has 0 N–H and O–H groups in total. The first-order valence-corrected chi connectivity index (χ1v) is 18.2. The summed E-state index contributed by atoms with van der Waals surface area (Å²) < 4.78 is 0. The average molecular weight is 718 g/mol. The van der Waals surface area contributed by atoms with Gasteiger partial charge in [0.15, 0.2) is 40.6 Å². The molecule has 2 heterocycles. The van der Waals surface area contributed by atoms with Gasteiger partial charge in [0.25, 0.3) is 0 Å². The molecular formula is C49H31N7. The van der Waals surface area contributed by atoms with Gasteiger partial charge in [-0.3, -0.25) is 0 Å². The first-order chi connectivity index (χ1) is 27.7. The van der Waals surface area contributed by atoms with Gasteiger partial charge in [0.2, 0.25) is 0 Å². The van der Waals surface area contributed by atoms with Crippen LogP contribution in [0.2, 0.25) is 0 Å². The molecule has 0 aliphatic carbocycles. The van der Waals surface area contributed by atoms with Crippen molar-refractivity contribution in [3.05, 3.63) is 199 Å². The van der Waals surface area contributed by atoms with E-state index >= 15 is 0 Å². The van der Waals surface area contributed by atoms with Gasteiger partial charge in [0.1, 0.15) is 0 Å². The Morgan fingerprint density at radius 1 is 0.268 bits per heavy atom. The van der Waals surface area contributed by atoms with Crippen LogP contribution >= 0.6 is 0 Å². The van der Waals surface area contributed by atoms with Crippen LogP contribution < -0.4 is 0 Å². The van der Waals surface area contributed by atoms with Gasteiger partial charge in [0, 0.05) is 33.4 Å². The number of benzene rings is 7. The third-order valence-corrected chi connectivity index (χ3v) is 9.40. The van der Waals surface area contributed by atoms with E-state index < -0.39 is 0 Å². The molecule has 0 bridgehead atoms. The zero-order valence-corrected chi connectivity index (χ0v) is 30.0. The maximum atomic E-state index is 7.77. The summed E-state index contributed by atoms with van der Waals surface area (Å²) in [4.78, 5) is 33.4. The molecule has 0 radical (unpaired) electrons. The molecule has 7 heteroatoms. The Morgan fingerprint density at radius 2 is 0.571 bits per heavy atom. The molecule has 0 saturated heterocycles. The van der Waals surface area contributed by atoms with E-state index in [1.54, 1.807) is 6.07 Å². The SMILES string of the molecule is [C-]#[N+]c1ccccc1-c1nc(-c2ccccc2)nc(-c2cccc(-c3cccc(-c4nc(-c5ccccc5)nc(-c5cccc(-c6ccccc6)c5)n4)c3)c2)n1. The molecule has 0 amide bonds. The molecule has 0 unspecified atom stereocenters. The van der Waals surface area contributed by atoms with Crippen LogP contribution in [0.25, 0.3) is 95.4 Å². The minimum atomic E-state index is 0.446. The third kappa shape index (κ3) is 7.06. The molecule has 2 aromatic heterocycles. The Bertz CT molecular complexity index is 2870.